The molecule has 1 aromatic rings. The number of rotatable bonds is 4. The van der Waals surface area contributed by atoms with Crippen LogP contribution in [0.2, 0.25) is 0 Å². The summed E-state index contributed by atoms with van der Waals surface area (Å²) in [5.74, 6) is 5.03. The predicted molar refractivity (Wildman–Crippen MR) is 80.1 cm³/mol. The first-order valence-electron chi connectivity index (χ1n) is 7.09. The summed E-state index contributed by atoms with van der Waals surface area (Å²) >= 11 is 0. The lowest BCUT2D eigenvalue weighted by atomic mass is 10.0. The van der Waals surface area contributed by atoms with Gasteiger partial charge in [0, 0.05) is 24.7 Å². The van der Waals surface area contributed by atoms with Gasteiger partial charge in [0.2, 0.25) is 0 Å². The van der Waals surface area contributed by atoms with E-state index in [0.29, 0.717) is 11.6 Å². The minimum atomic E-state index is -0.221. The maximum Gasteiger partial charge on any atom is 0.265 e. The summed E-state index contributed by atoms with van der Waals surface area (Å²) < 4.78 is 0. The van der Waals surface area contributed by atoms with Gasteiger partial charge < -0.3 is 4.90 Å². The predicted octanol–water partition coefficient (Wildman–Crippen LogP) is 0.816. The number of nitrogens with zero attached hydrogens (tertiary/aromatic N) is 2. The van der Waals surface area contributed by atoms with Crippen LogP contribution < -0.4 is 11.3 Å². The first-order valence-corrected chi connectivity index (χ1v) is 7.09. The molecule has 5 nitrogen and oxygen atoms in total. The molecular formula is C15H24N4O. The Morgan fingerprint density at radius 3 is 2.90 bits per heavy atom. The Labute approximate surface area is 120 Å². The van der Waals surface area contributed by atoms with Crippen molar-refractivity contribution in [3.63, 3.8) is 0 Å². The van der Waals surface area contributed by atoms with Crippen molar-refractivity contribution >= 4 is 5.91 Å². The number of piperidine rings is 1. The lowest BCUT2D eigenvalue weighted by Crippen LogP contribution is -2.44. The van der Waals surface area contributed by atoms with E-state index >= 15 is 0 Å². The monoisotopic (exact) mass is 276 g/mol. The Hall–Kier alpha value is -1.43. The number of hydrogen-bond donors (Lipinski definition) is 2. The van der Waals surface area contributed by atoms with E-state index in [9.17, 15) is 4.79 Å². The topological polar surface area (TPSA) is 61.6 Å². The quantitative estimate of drug-likeness (QED) is 0.485. The summed E-state index contributed by atoms with van der Waals surface area (Å²) in [7, 11) is 4.26. The maximum atomic E-state index is 11.8. The molecule has 1 aliphatic rings. The molecule has 0 aliphatic carbocycles. The fourth-order valence-corrected chi connectivity index (χ4v) is 2.79. The second-order valence-electron chi connectivity index (χ2n) is 5.63. The Balaban J connectivity index is 2.08. The number of hydrogen-bond acceptors (Lipinski definition) is 4. The Bertz CT molecular complexity index is 461. The third-order valence-electron chi connectivity index (χ3n) is 4.00. The van der Waals surface area contributed by atoms with Gasteiger partial charge in [0.25, 0.3) is 5.91 Å². The van der Waals surface area contributed by atoms with E-state index in [-0.39, 0.29) is 5.91 Å². The second kappa shape index (κ2) is 6.83. The molecule has 1 unspecified atom stereocenters. The van der Waals surface area contributed by atoms with Gasteiger partial charge >= 0.3 is 0 Å². The number of benzene rings is 1. The molecule has 2 rings (SSSR count). The zero-order valence-corrected chi connectivity index (χ0v) is 12.3. The van der Waals surface area contributed by atoms with E-state index in [2.05, 4.69) is 29.3 Å². The molecule has 0 aromatic heterocycles. The summed E-state index contributed by atoms with van der Waals surface area (Å²) in [6.07, 6.45) is 2.45. The zero-order chi connectivity index (χ0) is 14.5. The van der Waals surface area contributed by atoms with Gasteiger partial charge in [-0.25, -0.2) is 5.84 Å². The van der Waals surface area contributed by atoms with Crippen molar-refractivity contribution in [3.8, 4) is 0 Å². The minimum Gasteiger partial charge on any atom is -0.305 e. The molecule has 0 radical (unpaired) electrons. The SMILES string of the molecule is CN(C)C1CCCN(Cc2ccccc2C(=O)NN)C1. The first-order chi connectivity index (χ1) is 9.61. The fraction of sp³-hybridized carbons (Fsp3) is 0.533. The van der Waals surface area contributed by atoms with Crippen molar-refractivity contribution in [2.24, 2.45) is 5.84 Å². The van der Waals surface area contributed by atoms with Crippen molar-refractivity contribution in [1.29, 1.82) is 0 Å². The van der Waals surface area contributed by atoms with E-state index in [1.54, 1.807) is 0 Å². The van der Waals surface area contributed by atoms with Crippen molar-refractivity contribution in [2.45, 2.75) is 25.4 Å². The van der Waals surface area contributed by atoms with Crippen LogP contribution in [0, 0.1) is 0 Å². The van der Waals surface area contributed by atoms with Gasteiger partial charge in [-0.2, -0.15) is 0 Å². The number of likely N-dealkylation sites (tertiary alicyclic amines) is 1. The summed E-state index contributed by atoms with van der Waals surface area (Å²) in [5.41, 5.74) is 3.93. The summed E-state index contributed by atoms with van der Waals surface area (Å²) in [4.78, 5) is 16.5. The molecule has 0 spiro atoms. The Kier molecular flexibility index (Phi) is 5.11. The van der Waals surface area contributed by atoms with E-state index < -0.39 is 0 Å². The molecule has 0 saturated carbocycles. The normalized spacial score (nSPS) is 20.1. The number of nitrogens with two attached hydrogens (primary N) is 1. The number of carbonyl (C=O) groups is 1. The number of likely N-dealkylation sites (N-methyl/N-ethyl adjacent to an activating group) is 1. The smallest absolute Gasteiger partial charge is 0.265 e. The maximum absolute atomic E-state index is 11.8. The molecule has 1 heterocycles. The van der Waals surface area contributed by atoms with Crippen molar-refractivity contribution in [2.75, 3.05) is 27.2 Å². The van der Waals surface area contributed by atoms with Gasteiger partial charge in [0.1, 0.15) is 0 Å². The van der Waals surface area contributed by atoms with Crippen molar-refractivity contribution in [3.05, 3.63) is 35.4 Å². The third kappa shape index (κ3) is 3.56. The summed E-state index contributed by atoms with van der Waals surface area (Å²) in [6.45, 7) is 2.93. The Morgan fingerprint density at radius 2 is 2.20 bits per heavy atom. The largest absolute Gasteiger partial charge is 0.305 e. The van der Waals surface area contributed by atoms with Crippen LogP contribution in [-0.4, -0.2) is 48.9 Å². The van der Waals surface area contributed by atoms with Gasteiger partial charge in [-0.1, -0.05) is 18.2 Å². The highest BCUT2D eigenvalue weighted by Gasteiger charge is 2.22. The Morgan fingerprint density at radius 1 is 1.45 bits per heavy atom. The molecule has 5 heteroatoms. The highest BCUT2D eigenvalue weighted by atomic mass is 16.2. The molecule has 110 valence electrons. The molecule has 3 N–H and O–H groups in total. The molecule has 1 aromatic carbocycles. The van der Waals surface area contributed by atoms with Crippen LogP contribution in [0.3, 0.4) is 0 Å². The number of nitrogens with one attached hydrogen (secondary N) is 1. The number of nitrogen functional groups attached to an aromatic ring is 1. The summed E-state index contributed by atoms with van der Waals surface area (Å²) in [6, 6.07) is 8.26. The molecule has 1 amide bonds. The van der Waals surface area contributed by atoms with Gasteiger partial charge in [-0.05, 0) is 45.1 Å². The lowest BCUT2D eigenvalue weighted by Gasteiger charge is -2.36. The van der Waals surface area contributed by atoms with E-state index in [1.165, 1.54) is 12.8 Å². The molecule has 1 fully saturated rings. The van der Waals surface area contributed by atoms with Gasteiger partial charge in [-0.3, -0.25) is 15.1 Å². The van der Waals surface area contributed by atoms with Gasteiger partial charge in [0.05, 0.1) is 0 Å². The van der Waals surface area contributed by atoms with Crippen LogP contribution in [-0.2, 0) is 6.54 Å². The minimum absolute atomic E-state index is 0.221. The standard InChI is InChI=1S/C15H24N4O/c1-18(2)13-7-5-9-19(11-13)10-12-6-3-4-8-14(12)15(20)17-16/h3-4,6,8,13H,5,7,9-11,16H2,1-2H3,(H,17,20). The van der Waals surface area contributed by atoms with Crippen LogP contribution in [0.5, 0.6) is 0 Å². The van der Waals surface area contributed by atoms with E-state index in [1.807, 2.05) is 24.3 Å². The summed E-state index contributed by atoms with van der Waals surface area (Å²) in [5, 5.41) is 0. The highest BCUT2D eigenvalue weighted by molar-refractivity contribution is 5.95. The number of carbonyl (C=O) groups excluding carboxylic acids is 1. The molecular weight excluding hydrogens is 252 g/mol. The average molecular weight is 276 g/mol. The van der Waals surface area contributed by atoms with Crippen LogP contribution in [0.15, 0.2) is 24.3 Å². The zero-order valence-electron chi connectivity index (χ0n) is 12.3. The van der Waals surface area contributed by atoms with Crippen LogP contribution >= 0.6 is 0 Å². The molecule has 0 bridgehead atoms. The molecule has 1 saturated heterocycles. The highest BCUT2D eigenvalue weighted by Crippen LogP contribution is 2.18. The first kappa shape index (κ1) is 15.0. The van der Waals surface area contributed by atoms with Crippen LogP contribution in [0.1, 0.15) is 28.8 Å². The van der Waals surface area contributed by atoms with Crippen molar-refractivity contribution < 1.29 is 4.79 Å². The van der Waals surface area contributed by atoms with Crippen LogP contribution in [0.25, 0.3) is 0 Å². The number of hydrazine groups is 1. The fourth-order valence-electron chi connectivity index (χ4n) is 2.79. The molecule has 1 atom stereocenters. The van der Waals surface area contributed by atoms with Crippen LogP contribution in [0.4, 0.5) is 0 Å². The van der Waals surface area contributed by atoms with E-state index in [0.717, 1.165) is 25.2 Å². The molecule has 20 heavy (non-hydrogen) atoms. The second-order valence-corrected chi connectivity index (χ2v) is 5.63. The average Bonchev–Trinajstić information content (AvgIpc) is 2.47. The van der Waals surface area contributed by atoms with Gasteiger partial charge in [0.15, 0.2) is 0 Å². The van der Waals surface area contributed by atoms with E-state index in [4.69, 9.17) is 5.84 Å². The lowest BCUT2D eigenvalue weighted by molar-refractivity contribution is 0.0948. The number of amides is 1. The van der Waals surface area contributed by atoms with Gasteiger partial charge in [-0.15, -0.1) is 0 Å². The third-order valence-corrected chi connectivity index (χ3v) is 4.00. The molecule has 1 aliphatic heterocycles. The van der Waals surface area contributed by atoms with Crippen molar-refractivity contribution in [1.82, 2.24) is 15.2 Å².